The van der Waals surface area contributed by atoms with Gasteiger partial charge in [-0.2, -0.15) is 0 Å². The van der Waals surface area contributed by atoms with E-state index in [9.17, 15) is 9.59 Å². The van der Waals surface area contributed by atoms with E-state index in [0.717, 1.165) is 5.56 Å². The summed E-state index contributed by atoms with van der Waals surface area (Å²) in [5.41, 5.74) is 0.158. The average Bonchev–Trinajstić information content (AvgIpc) is 3.22. The van der Waals surface area contributed by atoms with Gasteiger partial charge in [-0.1, -0.05) is 30.3 Å². The van der Waals surface area contributed by atoms with Gasteiger partial charge in [0.25, 0.3) is 0 Å². The number of nitrogens with one attached hydrogen (secondary N) is 1. The van der Waals surface area contributed by atoms with Gasteiger partial charge in [-0.15, -0.1) is 0 Å². The Kier molecular flexibility index (Phi) is 4.19. The zero-order valence-electron chi connectivity index (χ0n) is 13.1. The van der Waals surface area contributed by atoms with Crippen molar-refractivity contribution in [1.29, 1.82) is 0 Å². The lowest BCUT2D eigenvalue weighted by Crippen LogP contribution is -2.43. The summed E-state index contributed by atoms with van der Waals surface area (Å²) in [6.07, 6.45) is 2.77. The highest BCUT2D eigenvalue weighted by Gasteiger charge is 2.57. The standard InChI is InChI=1S/C18H20N2O3/c1-20(13-14-6-3-2-4-7-14)17(22)18(9-10-18)16(21)19-12-15-8-5-11-23-15/h2-8,11H,9-10,12-13H2,1H3,(H,19,21). The minimum absolute atomic E-state index is 0.113. The molecule has 1 heterocycles. The Labute approximate surface area is 135 Å². The topological polar surface area (TPSA) is 62.6 Å². The number of furan rings is 1. The van der Waals surface area contributed by atoms with Crippen LogP contribution in [0.4, 0.5) is 0 Å². The number of nitrogens with zero attached hydrogens (tertiary/aromatic N) is 1. The van der Waals surface area contributed by atoms with E-state index >= 15 is 0 Å². The maximum absolute atomic E-state index is 12.7. The molecular weight excluding hydrogens is 292 g/mol. The second-order valence-corrected chi connectivity index (χ2v) is 5.99. The largest absolute Gasteiger partial charge is 0.467 e. The predicted octanol–water partition coefficient (Wildman–Crippen LogP) is 2.33. The fourth-order valence-corrected chi connectivity index (χ4v) is 2.71. The summed E-state index contributed by atoms with van der Waals surface area (Å²) >= 11 is 0. The minimum atomic E-state index is -0.893. The smallest absolute Gasteiger partial charge is 0.238 e. The van der Waals surface area contributed by atoms with Gasteiger partial charge in [0.1, 0.15) is 11.2 Å². The lowest BCUT2D eigenvalue weighted by atomic mass is 10.0. The van der Waals surface area contributed by atoms with E-state index in [1.165, 1.54) is 0 Å². The van der Waals surface area contributed by atoms with Gasteiger partial charge < -0.3 is 14.6 Å². The Morgan fingerprint density at radius 2 is 1.91 bits per heavy atom. The van der Waals surface area contributed by atoms with Gasteiger partial charge in [-0.3, -0.25) is 9.59 Å². The van der Waals surface area contributed by atoms with Crippen LogP contribution >= 0.6 is 0 Å². The number of carbonyl (C=O) groups excluding carboxylic acids is 2. The minimum Gasteiger partial charge on any atom is -0.467 e. The van der Waals surface area contributed by atoms with Crippen molar-refractivity contribution in [1.82, 2.24) is 10.2 Å². The van der Waals surface area contributed by atoms with Gasteiger partial charge in [0.2, 0.25) is 11.8 Å². The molecule has 3 rings (SSSR count). The predicted molar refractivity (Wildman–Crippen MR) is 85.1 cm³/mol. The SMILES string of the molecule is CN(Cc1ccccc1)C(=O)C1(C(=O)NCc2ccco2)CC1. The molecule has 0 spiro atoms. The number of benzene rings is 1. The van der Waals surface area contributed by atoms with Gasteiger partial charge in [0, 0.05) is 13.6 Å². The van der Waals surface area contributed by atoms with Gasteiger partial charge in [0.15, 0.2) is 0 Å². The van der Waals surface area contributed by atoms with Crippen molar-refractivity contribution in [3.63, 3.8) is 0 Å². The van der Waals surface area contributed by atoms with Crippen LogP contribution < -0.4 is 5.32 Å². The number of carbonyl (C=O) groups is 2. The van der Waals surface area contributed by atoms with Crippen LogP contribution in [0, 0.1) is 5.41 Å². The van der Waals surface area contributed by atoms with Crippen LogP contribution in [0.25, 0.3) is 0 Å². The quantitative estimate of drug-likeness (QED) is 0.833. The lowest BCUT2D eigenvalue weighted by molar-refractivity contribution is -0.143. The Balaban J connectivity index is 1.60. The van der Waals surface area contributed by atoms with Crippen molar-refractivity contribution in [2.75, 3.05) is 7.05 Å². The third-order valence-electron chi connectivity index (χ3n) is 4.21. The first-order valence-corrected chi connectivity index (χ1v) is 7.72. The van der Waals surface area contributed by atoms with Crippen molar-refractivity contribution in [2.45, 2.75) is 25.9 Å². The monoisotopic (exact) mass is 312 g/mol. The molecule has 23 heavy (non-hydrogen) atoms. The zero-order valence-corrected chi connectivity index (χ0v) is 13.1. The van der Waals surface area contributed by atoms with Crippen molar-refractivity contribution in [3.8, 4) is 0 Å². The molecule has 0 aliphatic heterocycles. The Morgan fingerprint density at radius 3 is 2.52 bits per heavy atom. The highest BCUT2D eigenvalue weighted by molar-refractivity contribution is 6.07. The fraction of sp³-hybridized carbons (Fsp3) is 0.333. The molecule has 1 N–H and O–H groups in total. The molecule has 1 aliphatic rings. The van der Waals surface area contributed by atoms with Gasteiger partial charge in [-0.25, -0.2) is 0 Å². The third-order valence-corrected chi connectivity index (χ3v) is 4.21. The fourth-order valence-electron chi connectivity index (χ4n) is 2.71. The molecule has 1 fully saturated rings. The van der Waals surface area contributed by atoms with Crippen molar-refractivity contribution < 1.29 is 14.0 Å². The third kappa shape index (κ3) is 3.28. The van der Waals surface area contributed by atoms with Gasteiger partial charge in [-0.05, 0) is 30.5 Å². The van der Waals surface area contributed by atoms with Crippen LogP contribution in [-0.2, 0) is 22.7 Å². The Bertz CT molecular complexity index is 676. The van der Waals surface area contributed by atoms with Crippen LogP contribution in [0.15, 0.2) is 53.1 Å². The lowest BCUT2D eigenvalue weighted by Gasteiger charge is -2.23. The van der Waals surface area contributed by atoms with Crippen molar-refractivity contribution in [2.24, 2.45) is 5.41 Å². The molecule has 1 aromatic heterocycles. The van der Waals surface area contributed by atoms with Crippen LogP contribution in [0.2, 0.25) is 0 Å². The van der Waals surface area contributed by atoms with E-state index in [1.807, 2.05) is 30.3 Å². The molecule has 0 bridgehead atoms. The van der Waals surface area contributed by atoms with Gasteiger partial charge in [0.05, 0.1) is 12.8 Å². The molecule has 1 saturated carbocycles. The van der Waals surface area contributed by atoms with Crippen LogP contribution in [0.1, 0.15) is 24.2 Å². The average molecular weight is 312 g/mol. The van der Waals surface area contributed by atoms with Crippen molar-refractivity contribution >= 4 is 11.8 Å². The van der Waals surface area contributed by atoms with E-state index < -0.39 is 5.41 Å². The Hall–Kier alpha value is -2.56. The van der Waals surface area contributed by atoms with E-state index in [0.29, 0.717) is 31.7 Å². The summed E-state index contributed by atoms with van der Waals surface area (Å²) in [6.45, 7) is 0.816. The van der Waals surface area contributed by atoms with E-state index in [4.69, 9.17) is 4.42 Å². The second kappa shape index (κ2) is 6.28. The maximum atomic E-state index is 12.7. The number of rotatable bonds is 6. The first-order chi connectivity index (χ1) is 11.1. The molecule has 0 saturated heterocycles. The summed E-state index contributed by atoms with van der Waals surface area (Å²) in [4.78, 5) is 26.7. The molecule has 5 nitrogen and oxygen atoms in total. The number of amides is 2. The van der Waals surface area contributed by atoms with Crippen LogP contribution in [0.5, 0.6) is 0 Å². The van der Waals surface area contributed by atoms with Crippen LogP contribution in [0.3, 0.4) is 0 Å². The molecule has 1 aliphatic carbocycles. The summed E-state index contributed by atoms with van der Waals surface area (Å²) in [7, 11) is 1.75. The molecule has 2 amide bonds. The normalized spacial score (nSPS) is 15.0. The van der Waals surface area contributed by atoms with E-state index in [-0.39, 0.29) is 11.8 Å². The highest BCUT2D eigenvalue weighted by Crippen LogP contribution is 2.47. The zero-order chi connectivity index (χ0) is 16.3. The van der Waals surface area contributed by atoms with Crippen LogP contribution in [-0.4, -0.2) is 23.8 Å². The summed E-state index contributed by atoms with van der Waals surface area (Å²) in [6, 6.07) is 13.3. The molecule has 0 unspecified atom stereocenters. The van der Waals surface area contributed by atoms with E-state index in [2.05, 4.69) is 5.32 Å². The maximum Gasteiger partial charge on any atom is 0.238 e. The first kappa shape index (κ1) is 15.3. The van der Waals surface area contributed by atoms with Crippen molar-refractivity contribution in [3.05, 3.63) is 60.1 Å². The molecular formula is C18H20N2O3. The highest BCUT2D eigenvalue weighted by atomic mass is 16.3. The molecule has 120 valence electrons. The molecule has 1 aromatic carbocycles. The molecule has 2 aromatic rings. The summed E-state index contributed by atoms with van der Waals surface area (Å²) < 4.78 is 5.19. The number of hydrogen-bond donors (Lipinski definition) is 1. The first-order valence-electron chi connectivity index (χ1n) is 7.72. The molecule has 0 atom stereocenters. The summed E-state index contributed by atoms with van der Waals surface area (Å²) in [5.74, 6) is 0.358. The number of hydrogen-bond acceptors (Lipinski definition) is 3. The molecule has 0 radical (unpaired) electrons. The van der Waals surface area contributed by atoms with Gasteiger partial charge >= 0.3 is 0 Å². The second-order valence-electron chi connectivity index (χ2n) is 5.99. The summed E-state index contributed by atoms with van der Waals surface area (Å²) in [5, 5.41) is 2.81. The molecule has 5 heteroatoms. The Morgan fingerprint density at radius 1 is 1.17 bits per heavy atom. The van der Waals surface area contributed by atoms with E-state index in [1.54, 1.807) is 30.3 Å².